The molecule has 0 amide bonds. The van der Waals surface area contributed by atoms with E-state index in [0.29, 0.717) is 34.3 Å². The highest BCUT2D eigenvalue weighted by atomic mass is 35.5. The second kappa shape index (κ2) is 4.84. The van der Waals surface area contributed by atoms with Crippen LogP contribution in [-0.4, -0.2) is 17.9 Å². The Balaban J connectivity index is 1.73. The largest absolute Gasteiger partial charge is 0.310 e. The van der Waals surface area contributed by atoms with Crippen molar-refractivity contribution < 1.29 is 4.79 Å². The zero-order chi connectivity index (χ0) is 12.7. The zero-order valence-corrected chi connectivity index (χ0v) is 11.5. The van der Waals surface area contributed by atoms with Crippen LogP contribution in [0.25, 0.3) is 0 Å². The number of Topliss-reactive ketones (excluding diaryl/α,β-unsaturated/α-hetero) is 1. The van der Waals surface area contributed by atoms with Crippen LogP contribution in [0.3, 0.4) is 0 Å². The molecule has 0 radical (unpaired) electrons. The average molecular weight is 284 g/mol. The molecule has 4 heteroatoms. The third-order valence-electron chi connectivity index (χ3n) is 4.11. The Morgan fingerprint density at radius 3 is 2.83 bits per heavy atom. The van der Waals surface area contributed by atoms with Crippen molar-refractivity contribution in [3.63, 3.8) is 0 Å². The van der Waals surface area contributed by atoms with Crippen LogP contribution in [0.5, 0.6) is 0 Å². The summed E-state index contributed by atoms with van der Waals surface area (Å²) in [6.07, 6.45) is 3.73. The lowest BCUT2D eigenvalue weighted by Crippen LogP contribution is -2.29. The van der Waals surface area contributed by atoms with Crippen LogP contribution < -0.4 is 5.32 Å². The number of halogens is 2. The van der Waals surface area contributed by atoms with Crippen molar-refractivity contribution in [1.82, 2.24) is 5.32 Å². The fourth-order valence-corrected chi connectivity index (χ4v) is 3.57. The summed E-state index contributed by atoms with van der Waals surface area (Å²) in [5.74, 6) is 0.456. The quantitative estimate of drug-likeness (QED) is 0.923. The normalized spacial score (nSPS) is 29.8. The van der Waals surface area contributed by atoms with Gasteiger partial charge in [0.15, 0.2) is 0 Å². The van der Waals surface area contributed by atoms with Gasteiger partial charge in [-0.1, -0.05) is 35.3 Å². The first-order chi connectivity index (χ1) is 8.65. The number of carbonyl (C=O) groups is 1. The number of hydrogen-bond acceptors (Lipinski definition) is 2. The maximum Gasteiger partial charge on any atom is 0.142 e. The summed E-state index contributed by atoms with van der Waals surface area (Å²) in [5.41, 5.74) is 0.844. The van der Waals surface area contributed by atoms with Crippen molar-refractivity contribution in [3.05, 3.63) is 33.8 Å². The van der Waals surface area contributed by atoms with E-state index in [4.69, 9.17) is 23.2 Å². The lowest BCUT2D eigenvalue weighted by Gasteiger charge is -2.19. The van der Waals surface area contributed by atoms with E-state index in [1.165, 1.54) is 6.42 Å². The average Bonchev–Trinajstić information content (AvgIpc) is 2.97. The van der Waals surface area contributed by atoms with Gasteiger partial charge >= 0.3 is 0 Å². The van der Waals surface area contributed by atoms with Crippen LogP contribution in [0.2, 0.25) is 10.0 Å². The fourth-order valence-electron chi connectivity index (χ4n) is 3.18. The lowest BCUT2D eigenvalue weighted by atomic mass is 9.84. The molecule has 3 atom stereocenters. The first kappa shape index (κ1) is 12.5. The van der Waals surface area contributed by atoms with Gasteiger partial charge in [0.25, 0.3) is 0 Å². The molecule has 96 valence electrons. The molecule has 2 saturated heterocycles. The molecular formula is C14H15Cl2NO. The molecule has 2 aliphatic heterocycles. The molecule has 2 aliphatic rings. The molecule has 0 spiro atoms. The summed E-state index contributed by atoms with van der Waals surface area (Å²) in [5, 5.41) is 4.53. The van der Waals surface area contributed by atoms with Gasteiger partial charge in [-0.15, -0.1) is 0 Å². The van der Waals surface area contributed by atoms with Crippen molar-refractivity contribution in [2.75, 3.05) is 0 Å². The molecular weight excluding hydrogens is 269 g/mol. The molecule has 18 heavy (non-hydrogen) atoms. The first-order valence-electron chi connectivity index (χ1n) is 6.37. The predicted molar refractivity (Wildman–Crippen MR) is 73.2 cm³/mol. The Kier molecular flexibility index (Phi) is 3.35. The van der Waals surface area contributed by atoms with E-state index in [0.717, 1.165) is 18.4 Å². The van der Waals surface area contributed by atoms with Crippen LogP contribution in [0.15, 0.2) is 18.2 Å². The van der Waals surface area contributed by atoms with Gasteiger partial charge in [-0.3, -0.25) is 4.79 Å². The molecule has 0 aliphatic carbocycles. The van der Waals surface area contributed by atoms with Gasteiger partial charge in [0.05, 0.1) is 10.0 Å². The summed E-state index contributed by atoms with van der Waals surface area (Å²) >= 11 is 12.1. The lowest BCUT2D eigenvalue weighted by molar-refractivity contribution is -0.122. The predicted octanol–water partition coefficient (Wildman–Crippen LogP) is 3.25. The van der Waals surface area contributed by atoms with E-state index >= 15 is 0 Å². The van der Waals surface area contributed by atoms with Crippen molar-refractivity contribution in [1.29, 1.82) is 0 Å². The molecule has 2 nitrogen and oxygen atoms in total. The van der Waals surface area contributed by atoms with Gasteiger partial charge in [-0.05, 0) is 30.9 Å². The topological polar surface area (TPSA) is 29.1 Å². The maximum atomic E-state index is 12.3. The molecule has 3 unspecified atom stereocenters. The Labute approximate surface area is 117 Å². The van der Waals surface area contributed by atoms with E-state index < -0.39 is 0 Å². The van der Waals surface area contributed by atoms with E-state index in [1.54, 1.807) is 6.07 Å². The number of ketones is 1. The molecule has 1 aromatic rings. The summed E-state index contributed by atoms with van der Waals surface area (Å²) in [6.45, 7) is 0. The third-order valence-corrected chi connectivity index (χ3v) is 4.97. The molecule has 2 heterocycles. The number of benzene rings is 1. The SMILES string of the molecule is O=C(Cc1cccc(Cl)c1Cl)C1CC2CCC1N2. The van der Waals surface area contributed by atoms with Gasteiger partial charge in [0.1, 0.15) is 5.78 Å². The van der Waals surface area contributed by atoms with Crippen LogP contribution >= 0.6 is 23.2 Å². The van der Waals surface area contributed by atoms with Gasteiger partial charge in [0.2, 0.25) is 0 Å². The molecule has 0 aromatic heterocycles. The van der Waals surface area contributed by atoms with Gasteiger partial charge in [-0.25, -0.2) is 0 Å². The van der Waals surface area contributed by atoms with Crippen LogP contribution in [-0.2, 0) is 11.2 Å². The third kappa shape index (κ3) is 2.18. The molecule has 3 rings (SSSR count). The molecule has 0 saturated carbocycles. The fraction of sp³-hybridized carbons (Fsp3) is 0.500. The first-order valence-corrected chi connectivity index (χ1v) is 7.12. The monoisotopic (exact) mass is 283 g/mol. The summed E-state index contributed by atoms with van der Waals surface area (Å²) in [4.78, 5) is 12.3. The number of rotatable bonds is 3. The number of hydrogen-bond donors (Lipinski definition) is 1. The Bertz CT molecular complexity index is 489. The van der Waals surface area contributed by atoms with Crippen molar-refractivity contribution in [2.45, 2.75) is 37.8 Å². The van der Waals surface area contributed by atoms with Gasteiger partial charge < -0.3 is 5.32 Å². The van der Waals surface area contributed by atoms with E-state index in [-0.39, 0.29) is 5.92 Å². The minimum Gasteiger partial charge on any atom is -0.310 e. The van der Waals surface area contributed by atoms with Crippen LogP contribution in [0.1, 0.15) is 24.8 Å². The molecule has 2 fully saturated rings. The van der Waals surface area contributed by atoms with Crippen LogP contribution in [0, 0.1) is 5.92 Å². The highest BCUT2D eigenvalue weighted by molar-refractivity contribution is 6.42. The van der Waals surface area contributed by atoms with Gasteiger partial charge in [-0.2, -0.15) is 0 Å². The Morgan fingerprint density at radius 1 is 1.33 bits per heavy atom. The Morgan fingerprint density at radius 2 is 2.17 bits per heavy atom. The Hall–Kier alpha value is -0.570. The van der Waals surface area contributed by atoms with Crippen LogP contribution in [0.4, 0.5) is 0 Å². The number of nitrogens with one attached hydrogen (secondary N) is 1. The van der Waals surface area contributed by atoms with E-state index in [2.05, 4.69) is 5.32 Å². The highest BCUT2D eigenvalue weighted by Crippen LogP contribution is 2.35. The smallest absolute Gasteiger partial charge is 0.142 e. The molecule has 1 N–H and O–H groups in total. The second-order valence-electron chi connectivity index (χ2n) is 5.25. The summed E-state index contributed by atoms with van der Waals surface area (Å²) < 4.78 is 0. The van der Waals surface area contributed by atoms with Gasteiger partial charge in [0, 0.05) is 24.4 Å². The minimum absolute atomic E-state index is 0.166. The number of fused-ring (bicyclic) bond motifs is 2. The standard InChI is InChI=1S/C14H15Cl2NO/c15-11-3-1-2-8(14(11)16)6-13(18)10-7-9-4-5-12(10)17-9/h1-3,9-10,12,17H,4-7H2. The zero-order valence-electron chi connectivity index (χ0n) is 9.96. The van der Waals surface area contributed by atoms with E-state index in [1.807, 2.05) is 12.1 Å². The van der Waals surface area contributed by atoms with Crippen molar-refractivity contribution in [2.24, 2.45) is 5.92 Å². The number of carbonyl (C=O) groups excluding carboxylic acids is 1. The summed E-state index contributed by atoms with van der Waals surface area (Å²) in [6, 6.07) is 6.42. The maximum absolute atomic E-state index is 12.3. The molecule has 1 aromatic carbocycles. The second-order valence-corrected chi connectivity index (χ2v) is 6.03. The summed E-state index contributed by atoms with van der Waals surface area (Å²) in [7, 11) is 0. The van der Waals surface area contributed by atoms with Crippen molar-refractivity contribution in [3.8, 4) is 0 Å². The van der Waals surface area contributed by atoms with E-state index in [9.17, 15) is 4.79 Å². The minimum atomic E-state index is 0.166. The molecule has 2 bridgehead atoms. The highest BCUT2D eigenvalue weighted by Gasteiger charge is 2.42. The van der Waals surface area contributed by atoms with Crippen molar-refractivity contribution >= 4 is 29.0 Å².